The van der Waals surface area contributed by atoms with Crippen LogP contribution in [0, 0.1) is 0 Å². The molecule has 0 aliphatic carbocycles. The van der Waals surface area contributed by atoms with Gasteiger partial charge in [-0.1, -0.05) is 11.6 Å². The first-order valence-electron chi connectivity index (χ1n) is 9.39. The molecule has 4 rings (SSSR count). The fourth-order valence-corrected chi connectivity index (χ4v) is 3.38. The molecule has 0 saturated carbocycles. The van der Waals surface area contributed by atoms with Crippen LogP contribution in [0.1, 0.15) is 25.7 Å². The summed E-state index contributed by atoms with van der Waals surface area (Å²) in [6, 6.07) is 9.32. The molecule has 0 radical (unpaired) electrons. The van der Waals surface area contributed by atoms with E-state index in [1.165, 1.54) is 6.33 Å². The molecular weight excluding hydrogens is 378 g/mol. The zero-order valence-electron chi connectivity index (χ0n) is 15.7. The molecule has 2 aromatic carbocycles. The number of aromatic nitrogens is 2. The van der Waals surface area contributed by atoms with Crippen molar-refractivity contribution in [3.63, 3.8) is 0 Å². The van der Waals surface area contributed by atoms with Crippen LogP contribution in [0.4, 0.5) is 11.5 Å². The highest BCUT2D eigenvalue weighted by Crippen LogP contribution is 2.37. The van der Waals surface area contributed by atoms with Gasteiger partial charge in [-0.3, -0.25) is 0 Å². The van der Waals surface area contributed by atoms with Gasteiger partial charge >= 0.3 is 0 Å². The van der Waals surface area contributed by atoms with Gasteiger partial charge in [-0.25, -0.2) is 9.97 Å². The Kier molecular flexibility index (Phi) is 5.67. The zero-order chi connectivity index (χ0) is 19.3. The van der Waals surface area contributed by atoms with Crippen LogP contribution in [0.2, 0.25) is 5.02 Å². The smallest absolute Gasteiger partial charge is 0.162 e. The van der Waals surface area contributed by atoms with Gasteiger partial charge in [0.25, 0.3) is 0 Å². The van der Waals surface area contributed by atoms with Crippen LogP contribution in [0.3, 0.4) is 0 Å². The second-order valence-corrected chi connectivity index (χ2v) is 7.06. The number of fused-ring (bicyclic) bond motifs is 2. The van der Waals surface area contributed by atoms with Gasteiger partial charge in [0.2, 0.25) is 0 Å². The first-order valence-corrected chi connectivity index (χ1v) is 9.77. The molecule has 1 N–H and O–H groups in total. The van der Waals surface area contributed by atoms with Gasteiger partial charge < -0.3 is 19.5 Å². The summed E-state index contributed by atoms with van der Waals surface area (Å²) in [5.41, 5.74) is 1.52. The van der Waals surface area contributed by atoms with Crippen molar-refractivity contribution in [2.24, 2.45) is 0 Å². The van der Waals surface area contributed by atoms with Crippen molar-refractivity contribution in [1.29, 1.82) is 0 Å². The van der Waals surface area contributed by atoms with Gasteiger partial charge in [-0.2, -0.15) is 0 Å². The summed E-state index contributed by atoms with van der Waals surface area (Å²) in [5, 5.41) is 4.80. The maximum atomic E-state index is 6.22. The summed E-state index contributed by atoms with van der Waals surface area (Å²) in [4.78, 5) is 8.80. The molecule has 1 aromatic heterocycles. The van der Waals surface area contributed by atoms with E-state index in [2.05, 4.69) is 15.3 Å². The molecule has 1 aliphatic rings. The predicted octanol–water partition coefficient (Wildman–Crippen LogP) is 5.37. The third kappa shape index (κ3) is 4.07. The lowest BCUT2D eigenvalue weighted by Crippen LogP contribution is -2.02. The number of rotatable bonds is 1. The Morgan fingerprint density at radius 3 is 2.54 bits per heavy atom. The summed E-state index contributed by atoms with van der Waals surface area (Å²) in [6.07, 6.45) is 5.64. The lowest BCUT2D eigenvalue weighted by atomic mass is 10.2. The van der Waals surface area contributed by atoms with E-state index in [4.69, 9.17) is 25.8 Å². The van der Waals surface area contributed by atoms with E-state index >= 15 is 0 Å². The topological polar surface area (TPSA) is 65.5 Å². The fourth-order valence-electron chi connectivity index (χ4n) is 3.21. The molecule has 2 heterocycles. The molecule has 6 nitrogen and oxygen atoms in total. The fraction of sp³-hybridized carbons (Fsp3) is 0.333. The Balaban J connectivity index is 1.81. The van der Waals surface area contributed by atoms with Gasteiger partial charge in [-0.15, -0.1) is 0 Å². The largest absolute Gasteiger partial charge is 0.493 e. The van der Waals surface area contributed by atoms with E-state index in [1.807, 2.05) is 30.3 Å². The lowest BCUT2D eigenvalue weighted by molar-refractivity contribution is 0.277. The Hall–Kier alpha value is -2.73. The van der Waals surface area contributed by atoms with Crippen LogP contribution in [-0.4, -0.2) is 30.3 Å². The van der Waals surface area contributed by atoms with E-state index in [1.54, 1.807) is 7.11 Å². The quantitative estimate of drug-likeness (QED) is 0.593. The number of nitrogens with zero attached hydrogens (tertiary/aromatic N) is 2. The van der Waals surface area contributed by atoms with E-state index in [0.717, 1.165) is 48.0 Å². The Morgan fingerprint density at radius 1 is 0.964 bits per heavy atom. The lowest BCUT2D eigenvalue weighted by Gasteiger charge is -2.15. The zero-order valence-corrected chi connectivity index (χ0v) is 16.5. The molecular formula is C21H22ClN3O3. The van der Waals surface area contributed by atoms with E-state index in [0.29, 0.717) is 35.6 Å². The Labute approximate surface area is 168 Å². The highest BCUT2D eigenvalue weighted by Gasteiger charge is 2.14. The van der Waals surface area contributed by atoms with Crippen molar-refractivity contribution in [1.82, 2.24) is 9.97 Å². The van der Waals surface area contributed by atoms with Gasteiger partial charge in [0.15, 0.2) is 11.5 Å². The number of anilines is 2. The van der Waals surface area contributed by atoms with Crippen LogP contribution in [-0.2, 0) is 0 Å². The monoisotopic (exact) mass is 399 g/mol. The number of ether oxygens (including phenoxy) is 3. The summed E-state index contributed by atoms with van der Waals surface area (Å²) in [7, 11) is 1.63. The predicted molar refractivity (Wildman–Crippen MR) is 110 cm³/mol. The maximum Gasteiger partial charge on any atom is 0.162 e. The molecule has 2 bridgehead atoms. The summed E-state index contributed by atoms with van der Waals surface area (Å²) in [6.45, 7) is 1.28. The van der Waals surface area contributed by atoms with Crippen molar-refractivity contribution >= 4 is 34.0 Å². The van der Waals surface area contributed by atoms with Crippen LogP contribution >= 0.6 is 11.6 Å². The average molecular weight is 400 g/mol. The first-order chi connectivity index (χ1) is 13.7. The number of halogens is 1. The molecule has 0 fully saturated rings. The summed E-state index contributed by atoms with van der Waals surface area (Å²) in [5.74, 6) is 2.74. The van der Waals surface area contributed by atoms with Crippen molar-refractivity contribution in [3.8, 4) is 17.2 Å². The number of methoxy groups -OCH3 is 1. The maximum absolute atomic E-state index is 6.22. The minimum Gasteiger partial charge on any atom is -0.493 e. The van der Waals surface area contributed by atoms with Crippen molar-refractivity contribution in [3.05, 3.63) is 41.7 Å². The van der Waals surface area contributed by atoms with Crippen molar-refractivity contribution < 1.29 is 14.2 Å². The molecule has 3 aromatic rings. The molecule has 1 aliphatic heterocycles. The van der Waals surface area contributed by atoms with Gasteiger partial charge in [-0.05, 0) is 49.9 Å². The molecule has 0 unspecified atom stereocenters. The van der Waals surface area contributed by atoms with Crippen LogP contribution in [0.25, 0.3) is 10.9 Å². The van der Waals surface area contributed by atoms with Crippen LogP contribution in [0.15, 0.2) is 36.7 Å². The number of hydrogen-bond donors (Lipinski definition) is 1. The molecule has 0 atom stereocenters. The second-order valence-electron chi connectivity index (χ2n) is 6.62. The molecule has 146 valence electrons. The minimum atomic E-state index is 0.622. The molecule has 28 heavy (non-hydrogen) atoms. The van der Waals surface area contributed by atoms with Crippen molar-refractivity contribution in [2.75, 3.05) is 25.6 Å². The number of nitrogens with one attached hydrogen (secondary N) is 1. The van der Waals surface area contributed by atoms with E-state index in [9.17, 15) is 0 Å². The highest BCUT2D eigenvalue weighted by atomic mass is 35.5. The standard InChI is InChI=1S/C21H22ClN3O3/c1-26-19-12-16-15-11-20(19)28-9-5-3-2-4-8-27-18-7-6-14(22)10-17(18)25-21(15)24-13-23-16/h6-7,10-13H,2-5,8-9H2,1H3,(H,23,24,25). The third-order valence-corrected chi connectivity index (χ3v) is 4.90. The van der Waals surface area contributed by atoms with E-state index < -0.39 is 0 Å². The Bertz CT molecular complexity index is 981. The molecule has 0 amide bonds. The highest BCUT2D eigenvalue weighted by molar-refractivity contribution is 6.31. The van der Waals surface area contributed by atoms with E-state index in [-0.39, 0.29) is 0 Å². The Morgan fingerprint density at radius 2 is 1.75 bits per heavy atom. The third-order valence-electron chi connectivity index (χ3n) is 4.67. The number of hydrogen-bond acceptors (Lipinski definition) is 6. The van der Waals surface area contributed by atoms with Crippen LogP contribution < -0.4 is 19.5 Å². The molecule has 7 heteroatoms. The summed E-state index contributed by atoms with van der Waals surface area (Å²) >= 11 is 6.22. The molecule has 0 saturated heterocycles. The van der Waals surface area contributed by atoms with Gasteiger partial charge in [0, 0.05) is 16.5 Å². The minimum absolute atomic E-state index is 0.622. The first kappa shape index (κ1) is 18.6. The van der Waals surface area contributed by atoms with Crippen LogP contribution in [0.5, 0.6) is 17.2 Å². The second kappa shape index (κ2) is 8.52. The SMILES string of the molecule is COc1cc2ncnc3c2cc1OCCCCCCOc1ccc(Cl)cc1N3. The van der Waals surface area contributed by atoms with Gasteiger partial charge in [0.05, 0.1) is 31.5 Å². The van der Waals surface area contributed by atoms with Crippen molar-refractivity contribution in [2.45, 2.75) is 25.7 Å². The average Bonchev–Trinajstić information content (AvgIpc) is 2.71. The molecule has 0 spiro atoms. The number of benzene rings is 2. The summed E-state index contributed by atoms with van der Waals surface area (Å²) < 4.78 is 17.5. The van der Waals surface area contributed by atoms with Gasteiger partial charge in [0.1, 0.15) is 17.9 Å². The normalized spacial score (nSPS) is 14.8.